The number of carbonyl (C=O) groups excluding carboxylic acids is 1. The predicted octanol–water partition coefficient (Wildman–Crippen LogP) is 5.96. The Labute approximate surface area is 171 Å². The molecule has 0 radical (unpaired) electrons. The van der Waals surface area contributed by atoms with Crippen LogP contribution in [0.25, 0.3) is 31.8 Å². The predicted molar refractivity (Wildman–Crippen MR) is 115 cm³/mol. The monoisotopic (exact) mass is 404 g/mol. The maximum Gasteiger partial charge on any atom is 0.200 e. The van der Waals surface area contributed by atoms with Gasteiger partial charge in [0, 0.05) is 32.3 Å². The molecule has 0 N–H and O–H groups in total. The highest BCUT2D eigenvalue weighted by Crippen LogP contribution is 2.43. The van der Waals surface area contributed by atoms with Crippen molar-refractivity contribution in [2.75, 3.05) is 0 Å². The number of Topliss-reactive ketones (excluding diaryl/α,β-unsaturated/α-hetero) is 1. The van der Waals surface area contributed by atoms with Gasteiger partial charge in [0.2, 0.25) is 0 Å². The van der Waals surface area contributed by atoms with Crippen LogP contribution in [0, 0.1) is 0 Å². The molecule has 0 amide bonds. The van der Waals surface area contributed by atoms with E-state index >= 15 is 0 Å². The Balaban J connectivity index is 1.67. The van der Waals surface area contributed by atoms with Crippen molar-refractivity contribution in [3.05, 3.63) is 67.1 Å². The Kier molecular flexibility index (Phi) is 4.30. The molecule has 3 aromatic rings. The van der Waals surface area contributed by atoms with Crippen LogP contribution >= 0.6 is 11.3 Å². The van der Waals surface area contributed by atoms with E-state index in [4.69, 9.17) is 5.53 Å². The lowest BCUT2D eigenvalue weighted by atomic mass is 9.94. The summed E-state index contributed by atoms with van der Waals surface area (Å²) in [6.07, 6.45) is 6.82. The van der Waals surface area contributed by atoms with Crippen LogP contribution in [-0.4, -0.2) is 10.4 Å². The van der Waals surface area contributed by atoms with Crippen molar-refractivity contribution >= 4 is 28.0 Å². The van der Waals surface area contributed by atoms with Gasteiger partial charge in [-0.1, -0.05) is 11.2 Å². The highest BCUT2D eigenvalue weighted by Gasteiger charge is 2.27. The van der Waals surface area contributed by atoms with Gasteiger partial charge in [-0.05, 0) is 73.9 Å². The molecular formula is C22H20N4O2S. The Bertz CT molecular complexity index is 1260. The van der Waals surface area contributed by atoms with Crippen molar-refractivity contribution in [1.82, 2.24) is 4.57 Å². The third-order valence-corrected chi connectivity index (χ3v) is 7.17. The molecule has 1 atom stereocenters. The van der Waals surface area contributed by atoms with E-state index in [0.717, 1.165) is 53.6 Å². The number of thiophene rings is 1. The number of aromatic nitrogens is 1. The van der Waals surface area contributed by atoms with Crippen molar-refractivity contribution in [2.24, 2.45) is 5.11 Å². The molecular weight excluding hydrogens is 384 g/mol. The van der Waals surface area contributed by atoms with Crippen LogP contribution in [0.2, 0.25) is 0 Å². The standard InChI is InChI=1S/C22H20N4O2S/c1-12(27)17-11-26(14-6-7-14)19-9-13(5-8-15(19)22(17)28)21-10-16-18(24-25-23)3-2-4-20(16)29-21/h5,8-11,14,18H,2-4,6-7H2,1H3. The van der Waals surface area contributed by atoms with Gasteiger partial charge in [-0.15, -0.1) is 11.3 Å². The van der Waals surface area contributed by atoms with Crippen LogP contribution in [0.5, 0.6) is 0 Å². The highest BCUT2D eigenvalue weighted by atomic mass is 32.1. The summed E-state index contributed by atoms with van der Waals surface area (Å²) in [5, 5.41) is 4.57. The Morgan fingerprint density at radius 3 is 2.83 bits per heavy atom. The van der Waals surface area contributed by atoms with E-state index in [1.807, 2.05) is 12.1 Å². The van der Waals surface area contributed by atoms with Gasteiger partial charge in [-0.3, -0.25) is 9.59 Å². The van der Waals surface area contributed by atoms with Gasteiger partial charge in [0.1, 0.15) is 0 Å². The number of benzene rings is 1. The quantitative estimate of drug-likeness (QED) is 0.233. The number of rotatable bonds is 4. The Morgan fingerprint density at radius 1 is 1.28 bits per heavy atom. The average molecular weight is 404 g/mol. The van der Waals surface area contributed by atoms with Gasteiger partial charge in [-0.25, -0.2) is 0 Å². The molecule has 1 saturated carbocycles. The first-order valence-electron chi connectivity index (χ1n) is 9.94. The van der Waals surface area contributed by atoms with E-state index in [2.05, 4.69) is 26.7 Å². The number of nitrogens with zero attached hydrogens (tertiary/aromatic N) is 4. The fourth-order valence-corrected chi connectivity index (χ4v) is 5.52. The largest absolute Gasteiger partial charge is 0.343 e. The van der Waals surface area contributed by atoms with Crippen molar-refractivity contribution < 1.29 is 4.79 Å². The maximum absolute atomic E-state index is 12.8. The molecule has 2 heterocycles. The lowest BCUT2D eigenvalue weighted by Crippen LogP contribution is -2.17. The minimum absolute atomic E-state index is 0.0861. The number of hydrogen-bond acceptors (Lipinski definition) is 4. The summed E-state index contributed by atoms with van der Waals surface area (Å²) in [4.78, 5) is 30.2. The third-order valence-electron chi connectivity index (χ3n) is 5.91. The SMILES string of the molecule is CC(=O)c1cn(C2CC2)c2cc(-c3cc4c(s3)CCCC4N=[N+]=[N-])ccc2c1=O. The molecule has 1 aromatic carbocycles. The first-order chi connectivity index (χ1) is 14.1. The number of fused-ring (bicyclic) bond motifs is 2. The van der Waals surface area contributed by atoms with E-state index < -0.39 is 0 Å². The molecule has 7 heteroatoms. The molecule has 29 heavy (non-hydrogen) atoms. The molecule has 146 valence electrons. The molecule has 6 nitrogen and oxygen atoms in total. The summed E-state index contributed by atoms with van der Waals surface area (Å²) < 4.78 is 2.10. The van der Waals surface area contributed by atoms with Crippen LogP contribution in [-0.2, 0) is 6.42 Å². The molecule has 2 aromatic heterocycles. The normalized spacial score (nSPS) is 18.3. The lowest BCUT2D eigenvalue weighted by Gasteiger charge is -2.17. The first-order valence-corrected chi connectivity index (χ1v) is 10.8. The smallest absolute Gasteiger partial charge is 0.200 e. The van der Waals surface area contributed by atoms with E-state index in [1.54, 1.807) is 17.5 Å². The maximum atomic E-state index is 12.8. The number of pyridine rings is 1. The molecule has 1 unspecified atom stereocenters. The lowest BCUT2D eigenvalue weighted by molar-refractivity contribution is 0.101. The van der Waals surface area contributed by atoms with E-state index in [-0.39, 0.29) is 22.8 Å². The summed E-state index contributed by atoms with van der Waals surface area (Å²) >= 11 is 1.74. The number of carbonyl (C=O) groups is 1. The summed E-state index contributed by atoms with van der Waals surface area (Å²) in [6, 6.07) is 8.30. The summed E-state index contributed by atoms with van der Waals surface area (Å²) in [6.45, 7) is 1.45. The zero-order valence-corrected chi connectivity index (χ0v) is 16.9. The number of azide groups is 1. The second-order valence-corrected chi connectivity index (χ2v) is 9.04. The van der Waals surface area contributed by atoms with Crippen LogP contribution in [0.15, 0.2) is 40.4 Å². The Hall–Kier alpha value is -2.89. The molecule has 0 aliphatic heterocycles. The molecule has 0 bridgehead atoms. The second kappa shape index (κ2) is 6.87. The van der Waals surface area contributed by atoms with Crippen LogP contribution in [0.3, 0.4) is 0 Å². The summed E-state index contributed by atoms with van der Waals surface area (Å²) in [5.41, 5.74) is 12.0. The summed E-state index contributed by atoms with van der Waals surface area (Å²) in [7, 11) is 0. The minimum atomic E-state index is -0.190. The molecule has 2 aliphatic carbocycles. The van der Waals surface area contributed by atoms with E-state index in [9.17, 15) is 9.59 Å². The average Bonchev–Trinajstić information content (AvgIpc) is 3.45. The van der Waals surface area contributed by atoms with Gasteiger partial charge in [-0.2, -0.15) is 0 Å². The van der Waals surface area contributed by atoms with Crippen LogP contribution in [0.1, 0.15) is 65.5 Å². The second-order valence-electron chi connectivity index (χ2n) is 7.90. The fraction of sp³-hybridized carbons (Fsp3) is 0.364. The van der Waals surface area contributed by atoms with Gasteiger partial charge >= 0.3 is 0 Å². The number of ketones is 1. The zero-order chi connectivity index (χ0) is 20.1. The topological polar surface area (TPSA) is 87.8 Å². The molecule has 2 aliphatic rings. The minimum Gasteiger partial charge on any atom is -0.343 e. The molecule has 1 fully saturated rings. The number of aryl methyl sites for hydroxylation is 1. The molecule has 0 saturated heterocycles. The number of hydrogen-bond donors (Lipinski definition) is 0. The molecule has 0 spiro atoms. The van der Waals surface area contributed by atoms with E-state index in [0.29, 0.717) is 11.4 Å². The first kappa shape index (κ1) is 18.2. The van der Waals surface area contributed by atoms with Gasteiger partial charge < -0.3 is 4.57 Å². The third kappa shape index (κ3) is 3.07. The Morgan fingerprint density at radius 2 is 2.10 bits per heavy atom. The van der Waals surface area contributed by atoms with Crippen molar-refractivity contribution in [1.29, 1.82) is 0 Å². The zero-order valence-electron chi connectivity index (χ0n) is 16.1. The van der Waals surface area contributed by atoms with Gasteiger partial charge in [0.05, 0.1) is 17.1 Å². The highest BCUT2D eigenvalue weighted by molar-refractivity contribution is 7.15. The van der Waals surface area contributed by atoms with Crippen LogP contribution < -0.4 is 5.43 Å². The fourth-order valence-electron chi connectivity index (χ4n) is 4.26. The molecule has 5 rings (SSSR count). The van der Waals surface area contributed by atoms with Crippen molar-refractivity contribution in [3.8, 4) is 10.4 Å². The van der Waals surface area contributed by atoms with Gasteiger partial charge in [0.15, 0.2) is 11.2 Å². The van der Waals surface area contributed by atoms with Crippen molar-refractivity contribution in [3.63, 3.8) is 0 Å². The van der Waals surface area contributed by atoms with Gasteiger partial charge in [0.25, 0.3) is 0 Å². The van der Waals surface area contributed by atoms with Crippen molar-refractivity contribution in [2.45, 2.75) is 51.1 Å². The summed E-state index contributed by atoms with van der Waals surface area (Å²) in [5.74, 6) is -0.189. The van der Waals surface area contributed by atoms with E-state index in [1.165, 1.54) is 11.8 Å². The van der Waals surface area contributed by atoms with Crippen LogP contribution in [0.4, 0.5) is 0 Å².